The summed E-state index contributed by atoms with van der Waals surface area (Å²) in [5, 5.41) is 3.22. The zero-order valence-electron chi connectivity index (χ0n) is 8.83. The van der Waals surface area contributed by atoms with Crippen LogP contribution in [0.5, 0.6) is 0 Å². The van der Waals surface area contributed by atoms with Crippen molar-refractivity contribution in [2.75, 3.05) is 26.0 Å². The predicted molar refractivity (Wildman–Crippen MR) is 58.2 cm³/mol. The van der Waals surface area contributed by atoms with Crippen molar-refractivity contribution in [3.8, 4) is 0 Å². The highest BCUT2D eigenvalue weighted by Crippen LogP contribution is 2.16. The van der Waals surface area contributed by atoms with Gasteiger partial charge in [0.1, 0.15) is 0 Å². The second-order valence-corrected chi connectivity index (χ2v) is 3.50. The van der Waals surface area contributed by atoms with Gasteiger partial charge in [-0.25, -0.2) is 0 Å². The van der Waals surface area contributed by atoms with Crippen LogP contribution in [0, 0.1) is 0 Å². The molecule has 0 heterocycles. The van der Waals surface area contributed by atoms with E-state index in [0.29, 0.717) is 6.04 Å². The van der Waals surface area contributed by atoms with E-state index in [1.807, 2.05) is 7.05 Å². The first kappa shape index (κ1) is 10.1. The van der Waals surface area contributed by atoms with Crippen LogP contribution < -0.4 is 10.2 Å². The van der Waals surface area contributed by atoms with Crippen LogP contribution in [0.4, 0.5) is 5.69 Å². The number of rotatable bonds is 3. The van der Waals surface area contributed by atoms with Gasteiger partial charge in [-0.2, -0.15) is 0 Å². The van der Waals surface area contributed by atoms with Crippen LogP contribution in [0.2, 0.25) is 0 Å². The van der Waals surface area contributed by atoms with Crippen molar-refractivity contribution in [1.82, 2.24) is 5.32 Å². The number of hydrogen-bond donors (Lipinski definition) is 1. The van der Waals surface area contributed by atoms with Crippen LogP contribution in [0.25, 0.3) is 0 Å². The zero-order chi connectivity index (χ0) is 9.84. The summed E-state index contributed by atoms with van der Waals surface area (Å²) >= 11 is 0. The van der Waals surface area contributed by atoms with Gasteiger partial charge in [-0.05, 0) is 31.7 Å². The summed E-state index contributed by atoms with van der Waals surface area (Å²) in [5.41, 5.74) is 2.57. The molecular weight excluding hydrogens is 160 g/mol. The van der Waals surface area contributed by atoms with Gasteiger partial charge in [0.05, 0.1) is 0 Å². The summed E-state index contributed by atoms with van der Waals surface area (Å²) in [6.07, 6.45) is 0. The fourth-order valence-corrected chi connectivity index (χ4v) is 1.23. The molecule has 0 spiro atoms. The van der Waals surface area contributed by atoms with Crippen molar-refractivity contribution in [3.63, 3.8) is 0 Å². The van der Waals surface area contributed by atoms with Crippen LogP contribution in [0.1, 0.15) is 18.5 Å². The van der Waals surface area contributed by atoms with E-state index in [4.69, 9.17) is 0 Å². The van der Waals surface area contributed by atoms with Gasteiger partial charge < -0.3 is 10.2 Å². The van der Waals surface area contributed by atoms with E-state index >= 15 is 0 Å². The summed E-state index contributed by atoms with van der Waals surface area (Å²) in [6.45, 7) is 2.16. The van der Waals surface area contributed by atoms with Gasteiger partial charge in [0.25, 0.3) is 0 Å². The van der Waals surface area contributed by atoms with Gasteiger partial charge in [0, 0.05) is 25.8 Å². The first-order valence-electron chi connectivity index (χ1n) is 4.59. The highest BCUT2D eigenvalue weighted by atomic mass is 15.1. The molecule has 0 aliphatic carbocycles. The third kappa shape index (κ3) is 2.46. The quantitative estimate of drug-likeness (QED) is 0.762. The molecular formula is C11H18N2. The summed E-state index contributed by atoms with van der Waals surface area (Å²) < 4.78 is 0. The summed E-state index contributed by atoms with van der Waals surface area (Å²) in [4.78, 5) is 2.10. The molecule has 0 fully saturated rings. The Hall–Kier alpha value is -1.02. The topological polar surface area (TPSA) is 15.3 Å². The minimum absolute atomic E-state index is 0.427. The van der Waals surface area contributed by atoms with E-state index in [2.05, 4.69) is 55.5 Å². The summed E-state index contributed by atoms with van der Waals surface area (Å²) in [5.74, 6) is 0. The molecule has 0 unspecified atom stereocenters. The molecule has 1 rings (SSSR count). The Morgan fingerprint density at radius 1 is 1.15 bits per heavy atom. The van der Waals surface area contributed by atoms with Crippen molar-refractivity contribution in [3.05, 3.63) is 29.8 Å². The molecule has 1 aromatic carbocycles. The molecule has 0 aromatic heterocycles. The highest BCUT2D eigenvalue weighted by molar-refractivity contribution is 5.46. The Labute approximate surface area is 80.6 Å². The Bertz CT molecular complexity index is 251. The van der Waals surface area contributed by atoms with Crippen LogP contribution >= 0.6 is 0 Å². The van der Waals surface area contributed by atoms with Crippen LogP contribution in [-0.4, -0.2) is 21.1 Å². The Balaban J connectivity index is 2.81. The molecule has 0 aliphatic heterocycles. The molecule has 13 heavy (non-hydrogen) atoms. The Kier molecular flexibility index (Phi) is 3.32. The van der Waals surface area contributed by atoms with Crippen molar-refractivity contribution in [2.45, 2.75) is 13.0 Å². The van der Waals surface area contributed by atoms with Gasteiger partial charge in [-0.3, -0.25) is 0 Å². The average Bonchev–Trinajstić information content (AvgIpc) is 2.17. The van der Waals surface area contributed by atoms with E-state index < -0.39 is 0 Å². The average molecular weight is 178 g/mol. The van der Waals surface area contributed by atoms with E-state index in [1.165, 1.54) is 11.3 Å². The van der Waals surface area contributed by atoms with Crippen LogP contribution in [0.3, 0.4) is 0 Å². The summed E-state index contributed by atoms with van der Waals surface area (Å²) in [7, 11) is 6.08. The number of nitrogens with zero attached hydrogens (tertiary/aromatic N) is 1. The van der Waals surface area contributed by atoms with Crippen molar-refractivity contribution < 1.29 is 0 Å². The minimum atomic E-state index is 0.427. The van der Waals surface area contributed by atoms with E-state index in [9.17, 15) is 0 Å². The molecule has 2 nitrogen and oxygen atoms in total. The molecule has 2 heteroatoms. The highest BCUT2D eigenvalue weighted by Gasteiger charge is 2.01. The van der Waals surface area contributed by atoms with Gasteiger partial charge in [-0.15, -0.1) is 0 Å². The smallest absolute Gasteiger partial charge is 0.0361 e. The molecule has 0 aliphatic rings. The number of hydrogen-bond acceptors (Lipinski definition) is 2. The van der Waals surface area contributed by atoms with Gasteiger partial charge in [-0.1, -0.05) is 12.1 Å². The Morgan fingerprint density at radius 2 is 1.69 bits per heavy atom. The second-order valence-electron chi connectivity index (χ2n) is 3.50. The SMILES string of the molecule is CN[C@@H](C)c1ccc(N(C)C)cc1. The van der Waals surface area contributed by atoms with Crippen molar-refractivity contribution >= 4 is 5.69 Å². The lowest BCUT2D eigenvalue weighted by Crippen LogP contribution is -2.13. The lowest BCUT2D eigenvalue weighted by atomic mass is 10.1. The molecule has 1 N–H and O–H groups in total. The monoisotopic (exact) mass is 178 g/mol. The lowest BCUT2D eigenvalue weighted by molar-refractivity contribution is 0.652. The second kappa shape index (κ2) is 4.28. The molecule has 1 atom stereocenters. The predicted octanol–water partition coefficient (Wildman–Crippen LogP) is 2.03. The van der Waals surface area contributed by atoms with E-state index in [1.54, 1.807) is 0 Å². The fraction of sp³-hybridized carbons (Fsp3) is 0.455. The van der Waals surface area contributed by atoms with Crippen molar-refractivity contribution in [2.24, 2.45) is 0 Å². The fourth-order valence-electron chi connectivity index (χ4n) is 1.23. The zero-order valence-corrected chi connectivity index (χ0v) is 8.83. The maximum atomic E-state index is 3.22. The lowest BCUT2D eigenvalue weighted by Gasteiger charge is -2.15. The molecule has 0 bridgehead atoms. The van der Waals surface area contributed by atoms with Crippen molar-refractivity contribution in [1.29, 1.82) is 0 Å². The van der Waals surface area contributed by atoms with Crippen LogP contribution in [-0.2, 0) is 0 Å². The minimum Gasteiger partial charge on any atom is -0.378 e. The van der Waals surface area contributed by atoms with Gasteiger partial charge >= 0.3 is 0 Å². The van der Waals surface area contributed by atoms with Gasteiger partial charge in [0.2, 0.25) is 0 Å². The first-order valence-corrected chi connectivity index (χ1v) is 4.59. The largest absolute Gasteiger partial charge is 0.378 e. The molecule has 72 valence electrons. The molecule has 1 aromatic rings. The van der Waals surface area contributed by atoms with Gasteiger partial charge in [0.15, 0.2) is 0 Å². The third-order valence-electron chi connectivity index (χ3n) is 2.34. The number of anilines is 1. The Morgan fingerprint density at radius 3 is 2.08 bits per heavy atom. The van der Waals surface area contributed by atoms with Crippen LogP contribution in [0.15, 0.2) is 24.3 Å². The van der Waals surface area contributed by atoms with E-state index in [0.717, 1.165) is 0 Å². The normalized spacial score (nSPS) is 12.6. The van der Waals surface area contributed by atoms with E-state index in [-0.39, 0.29) is 0 Å². The molecule has 0 saturated carbocycles. The number of benzene rings is 1. The number of nitrogens with one attached hydrogen (secondary N) is 1. The maximum absolute atomic E-state index is 3.22. The summed E-state index contributed by atoms with van der Waals surface area (Å²) in [6, 6.07) is 9.04. The standard InChI is InChI=1S/C11H18N2/c1-9(12-2)10-5-7-11(8-6-10)13(3)4/h5-9,12H,1-4H3/t9-/m0/s1. The maximum Gasteiger partial charge on any atom is 0.0361 e. The molecule has 0 radical (unpaired) electrons. The molecule has 0 amide bonds. The third-order valence-corrected chi connectivity index (χ3v) is 2.34. The first-order chi connectivity index (χ1) is 6.15. The molecule has 0 saturated heterocycles.